The molecule has 2 aromatic carbocycles. The summed E-state index contributed by atoms with van der Waals surface area (Å²) in [6, 6.07) is 12.4. The van der Waals surface area contributed by atoms with Crippen LogP contribution in [0.1, 0.15) is 35.8 Å². The van der Waals surface area contributed by atoms with E-state index in [1.807, 2.05) is 6.92 Å². The fourth-order valence-electron chi connectivity index (χ4n) is 2.06. The first-order valence-electron chi connectivity index (χ1n) is 6.89. The van der Waals surface area contributed by atoms with Gasteiger partial charge in [0.15, 0.2) is 0 Å². The van der Waals surface area contributed by atoms with E-state index in [2.05, 4.69) is 10.6 Å². The van der Waals surface area contributed by atoms with E-state index in [-0.39, 0.29) is 23.7 Å². The Bertz CT molecular complexity index is 683. The Kier molecular flexibility index (Phi) is 4.88. The highest BCUT2D eigenvalue weighted by atomic mass is 19.1. The first-order valence-corrected chi connectivity index (χ1v) is 6.89. The molecule has 0 aliphatic rings. The van der Waals surface area contributed by atoms with E-state index in [1.54, 1.807) is 36.4 Å². The van der Waals surface area contributed by atoms with Crippen molar-refractivity contribution in [3.05, 3.63) is 65.5 Å². The summed E-state index contributed by atoms with van der Waals surface area (Å²) in [6.07, 6.45) is 0. The van der Waals surface area contributed by atoms with Crippen LogP contribution in [0.15, 0.2) is 48.5 Å². The van der Waals surface area contributed by atoms with Crippen molar-refractivity contribution < 1.29 is 14.0 Å². The highest BCUT2D eigenvalue weighted by Crippen LogP contribution is 2.15. The van der Waals surface area contributed by atoms with Gasteiger partial charge in [0.25, 0.3) is 5.91 Å². The van der Waals surface area contributed by atoms with Crippen molar-refractivity contribution in [2.75, 3.05) is 5.32 Å². The third-order valence-electron chi connectivity index (χ3n) is 3.16. The predicted molar refractivity (Wildman–Crippen MR) is 83.0 cm³/mol. The van der Waals surface area contributed by atoms with Gasteiger partial charge < -0.3 is 10.6 Å². The lowest BCUT2D eigenvalue weighted by atomic mass is 10.1. The minimum atomic E-state index is -0.315. The summed E-state index contributed by atoms with van der Waals surface area (Å²) in [5.41, 5.74) is 1.82. The Morgan fingerprint density at radius 2 is 1.77 bits per heavy atom. The summed E-state index contributed by atoms with van der Waals surface area (Å²) >= 11 is 0. The second kappa shape index (κ2) is 6.85. The molecule has 22 heavy (non-hydrogen) atoms. The molecule has 2 aromatic rings. The molecule has 2 rings (SSSR count). The number of rotatable bonds is 4. The quantitative estimate of drug-likeness (QED) is 0.910. The molecule has 114 valence electrons. The topological polar surface area (TPSA) is 58.2 Å². The van der Waals surface area contributed by atoms with E-state index < -0.39 is 0 Å². The van der Waals surface area contributed by atoms with Crippen LogP contribution in [0.5, 0.6) is 0 Å². The van der Waals surface area contributed by atoms with Crippen LogP contribution in [0.4, 0.5) is 10.1 Å². The monoisotopic (exact) mass is 300 g/mol. The Balaban J connectivity index is 2.08. The van der Waals surface area contributed by atoms with Crippen LogP contribution in [0, 0.1) is 5.82 Å². The van der Waals surface area contributed by atoms with Crippen molar-refractivity contribution in [1.82, 2.24) is 5.32 Å². The number of amides is 2. The van der Waals surface area contributed by atoms with Crippen molar-refractivity contribution in [2.24, 2.45) is 0 Å². The van der Waals surface area contributed by atoms with E-state index >= 15 is 0 Å². The summed E-state index contributed by atoms with van der Waals surface area (Å²) in [5.74, 6) is -0.772. The van der Waals surface area contributed by atoms with Crippen LogP contribution < -0.4 is 10.6 Å². The van der Waals surface area contributed by atoms with Crippen molar-refractivity contribution in [3.63, 3.8) is 0 Å². The molecule has 1 unspecified atom stereocenters. The van der Waals surface area contributed by atoms with Gasteiger partial charge in [-0.05, 0) is 42.8 Å². The van der Waals surface area contributed by atoms with Gasteiger partial charge >= 0.3 is 0 Å². The fraction of sp³-hybridized carbons (Fsp3) is 0.176. The second-order valence-electron chi connectivity index (χ2n) is 5.01. The zero-order valence-electron chi connectivity index (χ0n) is 12.4. The Hall–Kier alpha value is -2.69. The molecule has 5 heteroatoms. The number of carbonyl (C=O) groups is 2. The number of halogens is 1. The third kappa shape index (κ3) is 4.15. The van der Waals surface area contributed by atoms with Crippen molar-refractivity contribution >= 4 is 17.5 Å². The van der Waals surface area contributed by atoms with Gasteiger partial charge in [0.1, 0.15) is 5.82 Å². The van der Waals surface area contributed by atoms with Gasteiger partial charge in [-0.2, -0.15) is 0 Å². The van der Waals surface area contributed by atoms with Crippen molar-refractivity contribution in [3.8, 4) is 0 Å². The molecule has 0 radical (unpaired) electrons. The van der Waals surface area contributed by atoms with E-state index in [4.69, 9.17) is 0 Å². The number of anilines is 1. The van der Waals surface area contributed by atoms with E-state index in [0.717, 1.165) is 5.56 Å². The first kappa shape index (κ1) is 15.7. The maximum atomic E-state index is 12.9. The molecule has 2 N–H and O–H groups in total. The Morgan fingerprint density at radius 1 is 1.09 bits per heavy atom. The summed E-state index contributed by atoms with van der Waals surface area (Å²) in [4.78, 5) is 23.3. The molecule has 2 amide bonds. The van der Waals surface area contributed by atoms with E-state index in [0.29, 0.717) is 11.3 Å². The standard InChI is InChI=1S/C17H17FN2O2/c1-11(13-6-8-15(18)9-7-13)19-17(22)14-4-3-5-16(10-14)20-12(2)21/h3-11H,1-2H3,(H,19,22)(H,20,21). The molecule has 0 saturated heterocycles. The highest BCUT2D eigenvalue weighted by Gasteiger charge is 2.12. The minimum absolute atomic E-state index is 0.197. The van der Waals surface area contributed by atoms with Crippen LogP contribution in [0.25, 0.3) is 0 Å². The zero-order valence-corrected chi connectivity index (χ0v) is 12.4. The number of benzene rings is 2. The molecular weight excluding hydrogens is 283 g/mol. The number of carbonyl (C=O) groups excluding carboxylic acids is 2. The predicted octanol–water partition coefficient (Wildman–Crippen LogP) is 3.28. The summed E-state index contributed by atoms with van der Waals surface area (Å²) in [5, 5.41) is 5.47. The van der Waals surface area contributed by atoms with Crippen LogP contribution in [-0.4, -0.2) is 11.8 Å². The maximum Gasteiger partial charge on any atom is 0.251 e. The van der Waals surface area contributed by atoms with Gasteiger partial charge in [-0.25, -0.2) is 4.39 Å². The molecule has 0 heterocycles. The van der Waals surface area contributed by atoms with Crippen LogP contribution in [0.2, 0.25) is 0 Å². The van der Waals surface area contributed by atoms with Gasteiger partial charge in [-0.1, -0.05) is 18.2 Å². The maximum absolute atomic E-state index is 12.9. The fourth-order valence-corrected chi connectivity index (χ4v) is 2.06. The molecule has 0 fully saturated rings. The number of hydrogen-bond donors (Lipinski definition) is 2. The molecule has 0 aromatic heterocycles. The molecular formula is C17H17FN2O2. The first-order chi connectivity index (χ1) is 10.5. The number of nitrogens with one attached hydrogen (secondary N) is 2. The average Bonchev–Trinajstić information content (AvgIpc) is 2.47. The van der Waals surface area contributed by atoms with Crippen molar-refractivity contribution in [2.45, 2.75) is 19.9 Å². The van der Waals surface area contributed by atoms with Crippen molar-refractivity contribution in [1.29, 1.82) is 0 Å². The highest BCUT2D eigenvalue weighted by molar-refractivity contribution is 5.96. The lowest BCUT2D eigenvalue weighted by Crippen LogP contribution is -2.26. The van der Waals surface area contributed by atoms with Crippen LogP contribution >= 0.6 is 0 Å². The van der Waals surface area contributed by atoms with Gasteiger partial charge in [0.05, 0.1) is 6.04 Å². The third-order valence-corrected chi connectivity index (χ3v) is 3.16. The largest absolute Gasteiger partial charge is 0.346 e. The summed E-state index contributed by atoms with van der Waals surface area (Å²) in [7, 11) is 0. The minimum Gasteiger partial charge on any atom is -0.346 e. The molecule has 0 saturated carbocycles. The normalized spacial score (nSPS) is 11.6. The SMILES string of the molecule is CC(=O)Nc1cccc(C(=O)NC(C)c2ccc(F)cc2)c1. The van der Waals surface area contributed by atoms with Gasteiger partial charge in [-0.3, -0.25) is 9.59 Å². The smallest absolute Gasteiger partial charge is 0.251 e. The summed E-state index contributed by atoms with van der Waals surface area (Å²) in [6.45, 7) is 3.23. The van der Waals surface area contributed by atoms with Crippen LogP contribution in [0.3, 0.4) is 0 Å². The molecule has 1 atom stereocenters. The Morgan fingerprint density at radius 3 is 2.41 bits per heavy atom. The van der Waals surface area contributed by atoms with Gasteiger partial charge in [0, 0.05) is 18.2 Å². The van der Waals surface area contributed by atoms with E-state index in [1.165, 1.54) is 19.1 Å². The summed E-state index contributed by atoms with van der Waals surface area (Å²) < 4.78 is 12.9. The lowest BCUT2D eigenvalue weighted by Gasteiger charge is -2.15. The molecule has 0 bridgehead atoms. The second-order valence-corrected chi connectivity index (χ2v) is 5.01. The zero-order chi connectivity index (χ0) is 16.1. The van der Waals surface area contributed by atoms with Gasteiger partial charge in [-0.15, -0.1) is 0 Å². The average molecular weight is 300 g/mol. The molecule has 0 spiro atoms. The van der Waals surface area contributed by atoms with E-state index in [9.17, 15) is 14.0 Å². The molecule has 0 aliphatic carbocycles. The molecule has 4 nitrogen and oxygen atoms in total. The van der Waals surface area contributed by atoms with Gasteiger partial charge in [0.2, 0.25) is 5.91 Å². The molecule has 0 aliphatic heterocycles. The lowest BCUT2D eigenvalue weighted by molar-refractivity contribution is -0.114. The number of hydrogen-bond acceptors (Lipinski definition) is 2. The Labute approximate surface area is 128 Å². The van der Waals surface area contributed by atoms with Crippen LogP contribution in [-0.2, 0) is 4.79 Å².